The van der Waals surface area contributed by atoms with E-state index in [2.05, 4.69) is 33.7 Å². The lowest BCUT2D eigenvalue weighted by molar-refractivity contribution is 0.0334. The molecule has 1 aliphatic carbocycles. The number of rotatable bonds is 7. The zero-order chi connectivity index (χ0) is 25.4. The van der Waals surface area contributed by atoms with Crippen LogP contribution in [-0.4, -0.2) is 53.9 Å². The number of methoxy groups -OCH3 is 1. The van der Waals surface area contributed by atoms with E-state index in [1.54, 1.807) is 13.2 Å². The highest BCUT2D eigenvalue weighted by atomic mass is 16.5. The molecule has 1 saturated heterocycles. The van der Waals surface area contributed by atoms with Crippen molar-refractivity contribution in [1.29, 1.82) is 0 Å². The van der Waals surface area contributed by atoms with Crippen molar-refractivity contribution in [3.8, 4) is 17.0 Å². The Balaban J connectivity index is 1.47. The molecule has 1 aromatic heterocycles. The van der Waals surface area contributed by atoms with Gasteiger partial charge >= 0.3 is 5.97 Å². The molecule has 6 heteroatoms. The van der Waals surface area contributed by atoms with Crippen LogP contribution in [0.1, 0.15) is 84.9 Å². The van der Waals surface area contributed by atoms with Crippen molar-refractivity contribution in [2.75, 3.05) is 33.4 Å². The molecule has 6 rings (SSSR count). The van der Waals surface area contributed by atoms with Gasteiger partial charge in [0.2, 0.25) is 0 Å². The Hall–Kier alpha value is -2.83. The molecule has 3 aromatic rings. The van der Waals surface area contributed by atoms with E-state index in [0.29, 0.717) is 11.5 Å². The van der Waals surface area contributed by atoms with Crippen molar-refractivity contribution in [3.05, 3.63) is 53.1 Å². The summed E-state index contributed by atoms with van der Waals surface area (Å²) in [5, 5.41) is 11.0. The molecule has 3 aliphatic rings. The van der Waals surface area contributed by atoms with Crippen molar-refractivity contribution in [1.82, 2.24) is 9.47 Å². The lowest BCUT2D eigenvalue weighted by Gasteiger charge is -2.25. The minimum Gasteiger partial charge on any atom is -0.497 e. The van der Waals surface area contributed by atoms with Gasteiger partial charge in [-0.05, 0) is 92.6 Å². The molecule has 1 unspecified atom stereocenters. The van der Waals surface area contributed by atoms with Gasteiger partial charge in [0.05, 0.1) is 31.1 Å². The molecule has 6 nitrogen and oxygen atoms in total. The average molecular weight is 503 g/mol. The SMILES string of the molecule is COc1ccc2c(c1)C(OCCN1CCCC1)CCn1c-2c(C2CCCCC2)c2ccc(C(=O)O)cc21. The van der Waals surface area contributed by atoms with E-state index < -0.39 is 5.97 Å². The first-order valence-electron chi connectivity index (χ1n) is 14.1. The number of aryl methyl sites for hydroxylation is 1. The number of aromatic carboxylic acids is 1. The molecule has 37 heavy (non-hydrogen) atoms. The molecular formula is C31H38N2O4. The van der Waals surface area contributed by atoms with Gasteiger partial charge in [-0.2, -0.15) is 0 Å². The zero-order valence-corrected chi connectivity index (χ0v) is 21.9. The number of carboxylic acid groups (broad SMARTS) is 1. The normalized spacial score (nSPS) is 20.5. The number of ether oxygens (including phenoxy) is 2. The predicted octanol–water partition coefficient (Wildman–Crippen LogP) is 6.62. The molecule has 0 amide bonds. The lowest BCUT2D eigenvalue weighted by atomic mass is 9.81. The molecular weight excluding hydrogens is 464 g/mol. The maximum Gasteiger partial charge on any atom is 0.335 e. The van der Waals surface area contributed by atoms with E-state index in [1.807, 2.05) is 6.07 Å². The van der Waals surface area contributed by atoms with Gasteiger partial charge in [-0.3, -0.25) is 0 Å². The van der Waals surface area contributed by atoms with Crippen molar-refractivity contribution in [3.63, 3.8) is 0 Å². The van der Waals surface area contributed by atoms with E-state index in [0.717, 1.165) is 37.4 Å². The Labute approximate surface area is 219 Å². The molecule has 196 valence electrons. The topological polar surface area (TPSA) is 63.9 Å². The molecule has 2 fully saturated rings. The van der Waals surface area contributed by atoms with Crippen molar-refractivity contribution in [2.24, 2.45) is 0 Å². The molecule has 1 N–H and O–H groups in total. The van der Waals surface area contributed by atoms with Gasteiger partial charge in [0, 0.05) is 29.6 Å². The highest BCUT2D eigenvalue weighted by Crippen LogP contribution is 2.48. The second-order valence-electron chi connectivity index (χ2n) is 10.9. The summed E-state index contributed by atoms with van der Waals surface area (Å²) in [6.07, 6.45) is 9.57. The molecule has 2 aliphatic heterocycles. The summed E-state index contributed by atoms with van der Waals surface area (Å²) in [4.78, 5) is 14.4. The lowest BCUT2D eigenvalue weighted by Crippen LogP contribution is -2.25. The van der Waals surface area contributed by atoms with Crippen LogP contribution in [0.3, 0.4) is 0 Å². The summed E-state index contributed by atoms with van der Waals surface area (Å²) in [5.41, 5.74) is 6.44. The van der Waals surface area contributed by atoms with Crippen LogP contribution in [0.4, 0.5) is 0 Å². The van der Waals surface area contributed by atoms with E-state index in [4.69, 9.17) is 9.47 Å². The zero-order valence-electron chi connectivity index (χ0n) is 21.9. The largest absolute Gasteiger partial charge is 0.497 e. The summed E-state index contributed by atoms with van der Waals surface area (Å²) in [5.74, 6) is 0.466. The molecule has 2 aromatic carbocycles. The first-order chi connectivity index (χ1) is 18.1. The van der Waals surface area contributed by atoms with Crippen molar-refractivity contribution in [2.45, 2.75) is 69.9 Å². The third-order valence-electron chi connectivity index (χ3n) is 8.76. The standard InChI is InChI=1S/C31H38N2O4/c1-36-23-10-12-24-26(20-23)28(37-18-17-32-14-5-6-15-32)13-16-33-27-19-22(31(34)35)9-11-25(27)29(30(24)33)21-7-3-2-4-8-21/h9-12,19-21,28H,2-8,13-18H2,1H3,(H,34,35). The summed E-state index contributed by atoms with van der Waals surface area (Å²) < 4.78 is 14.7. The number of hydrogen-bond donors (Lipinski definition) is 1. The predicted molar refractivity (Wildman–Crippen MR) is 146 cm³/mol. The van der Waals surface area contributed by atoms with Crippen LogP contribution in [0.25, 0.3) is 22.2 Å². The van der Waals surface area contributed by atoms with Gasteiger partial charge in [0.15, 0.2) is 0 Å². The quantitative estimate of drug-likeness (QED) is 0.393. The fourth-order valence-electron chi connectivity index (χ4n) is 6.89. The third kappa shape index (κ3) is 4.66. The molecule has 1 atom stereocenters. The fraction of sp³-hybridized carbons (Fsp3) is 0.516. The van der Waals surface area contributed by atoms with Gasteiger partial charge in [-0.15, -0.1) is 0 Å². The first-order valence-corrected chi connectivity index (χ1v) is 14.1. The van der Waals surface area contributed by atoms with Crippen LogP contribution in [0.15, 0.2) is 36.4 Å². The van der Waals surface area contributed by atoms with Gasteiger partial charge in [-0.25, -0.2) is 4.79 Å². The Morgan fingerprint density at radius 1 is 0.973 bits per heavy atom. The van der Waals surface area contributed by atoms with Crippen LogP contribution >= 0.6 is 0 Å². The van der Waals surface area contributed by atoms with Gasteiger partial charge < -0.3 is 24.0 Å². The minimum atomic E-state index is -0.876. The van der Waals surface area contributed by atoms with E-state index in [1.165, 1.54) is 85.8 Å². The minimum absolute atomic E-state index is 0.0236. The second kappa shape index (κ2) is 10.5. The summed E-state index contributed by atoms with van der Waals surface area (Å²) in [6.45, 7) is 4.84. The Bertz CT molecular complexity index is 1280. The second-order valence-corrected chi connectivity index (χ2v) is 10.9. The molecule has 0 spiro atoms. The highest BCUT2D eigenvalue weighted by Gasteiger charge is 2.32. The molecule has 0 bridgehead atoms. The number of aromatic nitrogens is 1. The number of carbonyl (C=O) groups is 1. The molecule has 0 radical (unpaired) electrons. The number of carboxylic acids is 1. The van der Waals surface area contributed by atoms with Crippen LogP contribution in [0.2, 0.25) is 0 Å². The number of benzene rings is 2. The third-order valence-corrected chi connectivity index (χ3v) is 8.76. The number of fused-ring (bicyclic) bond motifs is 5. The fourth-order valence-corrected chi connectivity index (χ4v) is 6.89. The van der Waals surface area contributed by atoms with Crippen LogP contribution in [-0.2, 0) is 11.3 Å². The van der Waals surface area contributed by atoms with Crippen LogP contribution in [0.5, 0.6) is 5.75 Å². The summed E-state index contributed by atoms with van der Waals surface area (Å²) in [6, 6.07) is 12.1. The van der Waals surface area contributed by atoms with Crippen molar-refractivity contribution >= 4 is 16.9 Å². The Morgan fingerprint density at radius 3 is 2.54 bits per heavy atom. The van der Waals surface area contributed by atoms with E-state index >= 15 is 0 Å². The monoisotopic (exact) mass is 502 g/mol. The van der Waals surface area contributed by atoms with Gasteiger partial charge in [-0.1, -0.05) is 25.3 Å². The van der Waals surface area contributed by atoms with E-state index in [-0.39, 0.29) is 6.10 Å². The summed E-state index contributed by atoms with van der Waals surface area (Å²) >= 11 is 0. The summed E-state index contributed by atoms with van der Waals surface area (Å²) in [7, 11) is 1.72. The molecule has 1 saturated carbocycles. The number of likely N-dealkylation sites (tertiary alicyclic amines) is 1. The van der Waals surface area contributed by atoms with E-state index in [9.17, 15) is 9.90 Å². The average Bonchev–Trinajstić information content (AvgIpc) is 3.52. The van der Waals surface area contributed by atoms with Crippen LogP contribution < -0.4 is 4.74 Å². The first kappa shape index (κ1) is 24.5. The van der Waals surface area contributed by atoms with Gasteiger partial charge in [0.25, 0.3) is 0 Å². The maximum atomic E-state index is 11.9. The maximum absolute atomic E-state index is 11.9. The smallest absolute Gasteiger partial charge is 0.335 e. The number of hydrogen-bond acceptors (Lipinski definition) is 4. The number of nitrogens with zero attached hydrogens (tertiary/aromatic N) is 2. The highest BCUT2D eigenvalue weighted by molar-refractivity contribution is 5.98. The molecule has 3 heterocycles. The Morgan fingerprint density at radius 2 is 1.78 bits per heavy atom. The van der Waals surface area contributed by atoms with Gasteiger partial charge in [0.1, 0.15) is 5.75 Å². The van der Waals surface area contributed by atoms with Crippen molar-refractivity contribution < 1.29 is 19.4 Å². The van der Waals surface area contributed by atoms with Crippen LogP contribution in [0, 0.1) is 0 Å². The Kier molecular flexibility index (Phi) is 6.96.